The molecule has 0 aliphatic carbocycles. The Morgan fingerprint density at radius 2 is 2.00 bits per heavy atom. The summed E-state index contributed by atoms with van der Waals surface area (Å²) in [4.78, 5) is 16.9. The minimum absolute atomic E-state index is 0.0273. The Morgan fingerprint density at radius 1 is 1.29 bits per heavy atom. The third-order valence-electron chi connectivity index (χ3n) is 3.82. The molecule has 1 aromatic heterocycles. The molecule has 2 heterocycles. The molecule has 0 saturated carbocycles. The third-order valence-corrected chi connectivity index (χ3v) is 4.12. The van der Waals surface area contributed by atoms with Crippen molar-refractivity contribution in [2.24, 2.45) is 0 Å². The summed E-state index contributed by atoms with van der Waals surface area (Å²) in [7, 11) is 0. The molecule has 0 spiro atoms. The number of carboxylic acids is 1. The van der Waals surface area contributed by atoms with Crippen LogP contribution in [0.4, 0.5) is 29.1 Å². The fraction of sp³-hybridized carbons (Fsp3) is 0.222. The lowest BCUT2D eigenvalue weighted by Gasteiger charge is -2.26. The second kappa shape index (κ2) is 8.92. The minimum Gasteiger partial charge on any atom is -0.478 e. The minimum atomic E-state index is -4.65. The van der Waals surface area contributed by atoms with Gasteiger partial charge in [0.05, 0.1) is 10.6 Å². The highest BCUT2D eigenvalue weighted by molar-refractivity contribution is 6.32. The number of alkyl halides is 3. The summed E-state index contributed by atoms with van der Waals surface area (Å²) in [5, 5.41) is 9.41. The summed E-state index contributed by atoms with van der Waals surface area (Å²) in [6.45, 7) is 1.17. The Labute approximate surface area is 163 Å². The van der Waals surface area contributed by atoms with Crippen molar-refractivity contribution in [2.45, 2.75) is 12.6 Å². The standard InChI is InChI=1S/C11H11ClN2O2.C7H5F4N/c12-9-2-1-5-13-10(9)14-6-3-8(4-7-14)11(15)16;8-6-3-4(12)1-2-5(6)7(9,10)11/h1-3,5H,4,6-7H2,(H,15,16);1-3H,12H2. The molecule has 1 aliphatic heterocycles. The van der Waals surface area contributed by atoms with Crippen LogP contribution in [0.15, 0.2) is 48.2 Å². The zero-order valence-electron chi connectivity index (χ0n) is 14.4. The van der Waals surface area contributed by atoms with Crippen molar-refractivity contribution < 1.29 is 27.5 Å². The van der Waals surface area contributed by atoms with E-state index in [9.17, 15) is 22.4 Å². The Morgan fingerprint density at radius 3 is 2.50 bits per heavy atom. The van der Waals surface area contributed by atoms with E-state index in [1.165, 1.54) is 0 Å². The summed E-state index contributed by atoms with van der Waals surface area (Å²) >= 11 is 6.02. The molecule has 5 nitrogen and oxygen atoms in total. The number of nitrogens with zero attached hydrogens (tertiary/aromatic N) is 2. The van der Waals surface area contributed by atoms with Gasteiger partial charge in [-0.05, 0) is 36.8 Å². The Balaban J connectivity index is 0.000000209. The maximum Gasteiger partial charge on any atom is 0.419 e. The lowest BCUT2D eigenvalue weighted by Crippen LogP contribution is -2.30. The van der Waals surface area contributed by atoms with Crippen LogP contribution in [0.5, 0.6) is 0 Å². The van der Waals surface area contributed by atoms with E-state index in [0.29, 0.717) is 48.1 Å². The number of pyridine rings is 1. The number of anilines is 2. The number of hydrogen-bond acceptors (Lipinski definition) is 4. The maximum absolute atomic E-state index is 12.5. The van der Waals surface area contributed by atoms with Gasteiger partial charge in [-0.2, -0.15) is 13.2 Å². The van der Waals surface area contributed by atoms with Gasteiger partial charge in [-0.25, -0.2) is 14.2 Å². The van der Waals surface area contributed by atoms with Crippen molar-refractivity contribution in [1.82, 2.24) is 4.98 Å². The molecule has 0 fully saturated rings. The number of nitrogen functional groups attached to an aromatic ring is 1. The van der Waals surface area contributed by atoms with E-state index in [4.69, 9.17) is 22.4 Å². The van der Waals surface area contributed by atoms with Crippen molar-refractivity contribution in [1.29, 1.82) is 0 Å². The highest BCUT2D eigenvalue weighted by Gasteiger charge is 2.33. The average molecular weight is 418 g/mol. The van der Waals surface area contributed by atoms with E-state index in [1.54, 1.807) is 24.4 Å². The van der Waals surface area contributed by atoms with Crippen LogP contribution in [-0.2, 0) is 11.0 Å². The molecule has 0 radical (unpaired) electrons. The molecular weight excluding hydrogens is 402 g/mol. The van der Waals surface area contributed by atoms with Gasteiger partial charge in [-0.1, -0.05) is 17.7 Å². The van der Waals surface area contributed by atoms with E-state index >= 15 is 0 Å². The molecule has 0 amide bonds. The van der Waals surface area contributed by atoms with E-state index in [-0.39, 0.29) is 5.69 Å². The Kier molecular flexibility index (Phi) is 6.85. The first kappa shape index (κ1) is 21.5. The number of benzene rings is 1. The Hall–Kier alpha value is -2.81. The van der Waals surface area contributed by atoms with Crippen LogP contribution >= 0.6 is 11.6 Å². The highest BCUT2D eigenvalue weighted by atomic mass is 35.5. The molecule has 10 heteroatoms. The lowest BCUT2D eigenvalue weighted by atomic mass is 10.1. The van der Waals surface area contributed by atoms with E-state index in [1.807, 2.05) is 4.90 Å². The summed E-state index contributed by atoms with van der Waals surface area (Å²) in [5.41, 5.74) is 4.20. The van der Waals surface area contributed by atoms with E-state index < -0.39 is 23.5 Å². The first-order valence-electron chi connectivity index (χ1n) is 7.99. The summed E-state index contributed by atoms with van der Waals surface area (Å²) in [6.07, 6.45) is -0.755. The van der Waals surface area contributed by atoms with Crippen molar-refractivity contribution in [3.05, 3.63) is 64.6 Å². The highest BCUT2D eigenvalue weighted by Crippen LogP contribution is 2.31. The van der Waals surface area contributed by atoms with Crippen LogP contribution in [0.2, 0.25) is 5.02 Å². The molecule has 1 aromatic carbocycles. The molecule has 0 bridgehead atoms. The molecule has 3 N–H and O–H groups in total. The van der Waals surface area contributed by atoms with Gasteiger partial charge in [0.1, 0.15) is 11.6 Å². The molecule has 0 saturated heterocycles. The third kappa shape index (κ3) is 5.59. The molecular formula is C18H16ClF4N3O2. The lowest BCUT2D eigenvalue weighted by molar-refractivity contribution is -0.140. The van der Waals surface area contributed by atoms with Gasteiger partial charge in [0.25, 0.3) is 0 Å². The van der Waals surface area contributed by atoms with Gasteiger partial charge >= 0.3 is 12.1 Å². The van der Waals surface area contributed by atoms with Crippen LogP contribution < -0.4 is 10.6 Å². The second-order valence-corrected chi connectivity index (χ2v) is 6.18. The number of halogens is 5. The van der Waals surface area contributed by atoms with Crippen LogP contribution in [0, 0.1) is 5.82 Å². The predicted molar refractivity (Wildman–Crippen MR) is 97.6 cm³/mol. The molecule has 3 rings (SSSR count). The van der Waals surface area contributed by atoms with Gasteiger partial charge in [-0.15, -0.1) is 0 Å². The first-order chi connectivity index (χ1) is 13.1. The van der Waals surface area contributed by atoms with Crippen molar-refractivity contribution in [3.63, 3.8) is 0 Å². The monoisotopic (exact) mass is 417 g/mol. The number of aromatic nitrogens is 1. The number of carboxylic acid groups (broad SMARTS) is 1. The number of rotatable bonds is 2. The van der Waals surface area contributed by atoms with E-state index in [0.717, 1.165) is 6.07 Å². The van der Waals surface area contributed by atoms with Gasteiger partial charge in [0, 0.05) is 30.5 Å². The van der Waals surface area contributed by atoms with Crippen molar-refractivity contribution in [2.75, 3.05) is 23.7 Å². The second-order valence-electron chi connectivity index (χ2n) is 5.78. The summed E-state index contributed by atoms with van der Waals surface area (Å²) in [6, 6.07) is 5.81. The molecule has 0 atom stereocenters. The zero-order chi connectivity index (χ0) is 20.9. The van der Waals surface area contributed by atoms with Gasteiger partial charge in [-0.3, -0.25) is 0 Å². The Bertz CT molecular complexity index is 887. The normalized spacial score (nSPS) is 14.0. The molecule has 2 aromatic rings. The fourth-order valence-electron chi connectivity index (χ4n) is 2.43. The smallest absolute Gasteiger partial charge is 0.419 e. The number of aliphatic carboxylic acids is 1. The topological polar surface area (TPSA) is 79.5 Å². The van der Waals surface area contributed by atoms with Gasteiger partial charge in [0.15, 0.2) is 0 Å². The number of carbonyl (C=O) groups is 1. The summed E-state index contributed by atoms with van der Waals surface area (Å²) < 4.78 is 48.2. The van der Waals surface area contributed by atoms with Crippen molar-refractivity contribution >= 4 is 29.1 Å². The maximum atomic E-state index is 12.5. The van der Waals surface area contributed by atoms with Crippen LogP contribution in [0.3, 0.4) is 0 Å². The van der Waals surface area contributed by atoms with Gasteiger partial charge < -0.3 is 15.7 Å². The van der Waals surface area contributed by atoms with Crippen molar-refractivity contribution in [3.8, 4) is 0 Å². The van der Waals surface area contributed by atoms with E-state index in [2.05, 4.69) is 4.98 Å². The van der Waals surface area contributed by atoms with Gasteiger partial charge in [0.2, 0.25) is 0 Å². The number of hydrogen-bond donors (Lipinski definition) is 2. The van der Waals surface area contributed by atoms with Crippen LogP contribution in [0.25, 0.3) is 0 Å². The average Bonchev–Trinajstić information content (AvgIpc) is 2.61. The SMILES string of the molecule is Nc1ccc(C(F)(F)F)c(F)c1.O=C(O)C1=CCN(c2ncccc2Cl)CC1. The predicted octanol–water partition coefficient (Wildman–Crippen LogP) is 4.38. The zero-order valence-corrected chi connectivity index (χ0v) is 15.1. The largest absolute Gasteiger partial charge is 0.478 e. The molecule has 150 valence electrons. The van der Waals surface area contributed by atoms with Crippen LogP contribution in [0.1, 0.15) is 12.0 Å². The number of nitrogens with two attached hydrogens (primary N) is 1. The molecule has 1 aliphatic rings. The quantitative estimate of drug-likeness (QED) is 0.560. The molecule has 0 unspecified atom stereocenters. The fourth-order valence-corrected chi connectivity index (χ4v) is 2.67. The molecule has 28 heavy (non-hydrogen) atoms. The van der Waals surface area contributed by atoms with Crippen LogP contribution in [-0.4, -0.2) is 29.1 Å². The first-order valence-corrected chi connectivity index (χ1v) is 8.37. The summed E-state index contributed by atoms with van der Waals surface area (Å²) in [5.74, 6) is -1.47.